The highest BCUT2D eigenvalue weighted by molar-refractivity contribution is 5.94. The van der Waals surface area contributed by atoms with Gasteiger partial charge in [0.2, 0.25) is 0 Å². The molecule has 3 N–H and O–H groups in total. The Morgan fingerprint density at radius 1 is 1.22 bits per heavy atom. The van der Waals surface area contributed by atoms with Gasteiger partial charge in [0.15, 0.2) is 5.96 Å². The number of ether oxygens (including phenoxy) is 1. The van der Waals surface area contributed by atoms with Gasteiger partial charge in [-0.25, -0.2) is 0 Å². The topological polar surface area (TPSA) is 78.0 Å². The van der Waals surface area contributed by atoms with Crippen LogP contribution in [-0.4, -0.2) is 51.2 Å². The predicted octanol–water partition coefficient (Wildman–Crippen LogP) is 3.17. The number of benzene rings is 2. The van der Waals surface area contributed by atoms with E-state index in [-0.39, 0.29) is 11.9 Å². The van der Waals surface area contributed by atoms with Crippen LogP contribution < -0.4 is 25.6 Å². The van der Waals surface area contributed by atoms with E-state index in [0.717, 1.165) is 48.9 Å². The van der Waals surface area contributed by atoms with Crippen LogP contribution in [-0.2, 0) is 6.54 Å². The number of carbonyl (C=O) groups is 1. The van der Waals surface area contributed by atoms with Crippen LogP contribution in [0.1, 0.15) is 42.6 Å². The van der Waals surface area contributed by atoms with E-state index < -0.39 is 0 Å². The minimum atomic E-state index is -0.0304. The minimum Gasteiger partial charge on any atom is -0.495 e. The van der Waals surface area contributed by atoms with Gasteiger partial charge in [0.1, 0.15) is 5.75 Å². The SMILES string of the molecule is CCC(C)NC(=O)c1ccc(CNC(=NC)NC2CCN(c3ccccc3OC)C2)cc1. The van der Waals surface area contributed by atoms with Gasteiger partial charge in [-0.15, -0.1) is 0 Å². The predicted molar refractivity (Wildman–Crippen MR) is 131 cm³/mol. The van der Waals surface area contributed by atoms with Gasteiger partial charge in [-0.2, -0.15) is 0 Å². The first-order valence-electron chi connectivity index (χ1n) is 11.3. The molecule has 2 unspecified atom stereocenters. The lowest BCUT2D eigenvalue weighted by molar-refractivity contribution is 0.0939. The second-order valence-corrected chi connectivity index (χ2v) is 8.15. The summed E-state index contributed by atoms with van der Waals surface area (Å²) < 4.78 is 5.51. The third kappa shape index (κ3) is 6.15. The Balaban J connectivity index is 1.50. The van der Waals surface area contributed by atoms with E-state index in [9.17, 15) is 4.79 Å². The Kier molecular flexibility index (Phi) is 8.36. The second-order valence-electron chi connectivity index (χ2n) is 8.15. The van der Waals surface area contributed by atoms with E-state index in [1.807, 2.05) is 49.4 Å². The monoisotopic (exact) mass is 437 g/mol. The number of aliphatic imine (C=N–C) groups is 1. The van der Waals surface area contributed by atoms with Gasteiger partial charge >= 0.3 is 0 Å². The van der Waals surface area contributed by atoms with E-state index >= 15 is 0 Å². The summed E-state index contributed by atoms with van der Waals surface area (Å²) in [6.07, 6.45) is 1.94. The molecule has 1 aliphatic heterocycles. The summed E-state index contributed by atoms with van der Waals surface area (Å²) in [7, 11) is 3.49. The fourth-order valence-electron chi connectivity index (χ4n) is 3.74. The van der Waals surface area contributed by atoms with Crippen molar-refractivity contribution in [3.63, 3.8) is 0 Å². The lowest BCUT2D eigenvalue weighted by atomic mass is 10.1. The molecule has 7 heteroatoms. The largest absolute Gasteiger partial charge is 0.495 e. The van der Waals surface area contributed by atoms with Crippen molar-refractivity contribution in [1.82, 2.24) is 16.0 Å². The minimum absolute atomic E-state index is 0.0304. The van der Waals surface area contributed by atoms with Gasteiger partial charge < -0.3 is 25.6 Å². The number of amides is 1. The number of para-hydroxylation sites is 2. The van der Waals surface area contributed by atoms with Crippen molar-refractivity contribution in [2.75, 3.05) is 32.1 Å². The van der Waals surface area contributed by atoms with E-state index in [4.69, 9.17) is 4.74 Å². The van der Waals surface area contributed by atoms with Crippen molar-refractivity contribution in [3.05, 3.63) is 59.7 Å². The number of rotatable bonds is 8. The molecule has 32 heavy (non-hydrogen) atoms. The van der Waals surface area contributed by atoms with Crippen LogP contribution in [0.3, 0.4) is 0 Å². The molecule has 2 aromatic rings. The average Bonchev–Trinajstić information content (AvgIpc) is 3.30. The Hall–Kier alpha value is -3.22. The summed E-state index contributed by atoms with van der Waals surface area (Å²) in [5.41, 5.74) is 2.90. The van der Waals surface area contributed by atoms with E-state index in [1.54, 1.807) is 14.2 Å². The molecule has 7 nitrogen and oxygen atoms in total. The van der Waals surface area contributed by atoms with Gasteiger partial charge in [-0.3, -0.25) is 9.79 Å². The van der Waals surface area contributed by atoms with Gasteiger partial charge in [-0.1, -0.05) is 31.2 Å². The number of hydrogen-bond acceptors (Lipinski definition) is 4. The number of guanidine groups is 1. The molecule has 172 valence electrons. The Labute approximate surface area is 191 Å². The molecule has 0 radical (unpaired) electrons. The molecule has 0 aromatic heterocycles. The first-order valence-corrected chi connectivity index (χ1v) is 11.3. The normalized spacial score (nSPS) is 17.1. The van der Waals surface area contributed by atoms with Gasteiger partial charge in [0.05, 0.1) is 12.8 Å². The highest BCUT2D eigenvalue weighted by atomic mass is 16.5. The maximum atomic E-state index is 12.2. The highest BCUT2D eigenvalue weighted by Gasteiger charge is 2.25. The standard InChI is InChI=1S/C25H35N5O2/c1-5-18(2)28-24(31)20-12-10-19(11-13-20)16-27-25(26-3)29-21-14-15-30(17-21)22-8-6-7-9-23(22)32-4/h6-13,18,21H,5,14-17H2,1-4H3,(H,28,31)(H2,26,27,29). The second kappa shape index (κ2) is 11.4. The highest BCUT2D eigenvalue weighted by Crippen LogP contribution is 2.30. The lowest BCUT2D eigenvalue weighted by Crippen LogP contribution is -2.44. The Morgan fingerprint density at radius 3 is 2.66 bits per heavy atom. The van der Waals surface area contributed by atoms with Crippen molar-refractivity contribution in [2.45, 2.75) is 45.3 Å². The summed E-state index contributed by atoms with van der Waals surface area (Å²) in [5.74, 6) is 1.64. The van der Waals surface area contributed by atoms with Crippen LogP contribution in [0.5, 0.6) is 5.75 Å². The fraction of sp³-hybridized carbons (Fsp3) is 0.440. The molecule has 1 saturated heterocycles. The van der Waals surface area contributed by atoms with Gasteiger partial charge in [0, 0.05) is 44.3 Å². The van der Waals surface area contributed by atoms with Crippen LogP contribution in [0.15, 0.2) is 53.5 Å². The molecule has 1 heterocycles. The molecule has 2 atom stereocenters. The summed E-state index contributed by atoms with van der Waals surface area (Å²) in [6, 6.07) is 16.3. The molecular weight excluding hydrogens is 402 g/mol. The Bertz CT molecular complexity index is 913. The zero-order valence-electron chi connectivity index (χ0n) is 19.5. The summed E-state index contributed by atoms with van der Waals surface area (Å²) >= 11 is 0. The Morgan fingerprint density at radius 2 is 1.97 bits per heavy atom. The lowest BCUT2D eigenvalue weighted by Gasteiger charge is -2.22. The number of anilines is 1. The molecule has 0 bridgehead atoms. The molecule has 0 saturated carbocycles. The van der Waals surface area contributed by atoms with Crippen molar-refractivity contribution in [2.24, 2.45) is 4.99 Å². The third-order valence-electron chi connectivity index (χ3n) is 5.84. The number of carbonyl (C=O) groups excluding carboxylic acids is 1. The quantitative estimate of drug-likeness (QED) is 0.437. The molecule has 1 amide bonds. The molecule has 0 spiro atoms. The van der Waals surface area contributed by atoms with E-state index in [1.165, 1.54) is 0 Å². The molecule has 1 fully saturated rings. The number of methoxy groups -OCH3 is 1. The summed E-state index contributed by atoms with van der Waals surface area (Å²) in [5, 5.41) is 9.89. The molecule has 1 aliphatic rings. The number of nitrogens with one attached hydrogen (secondary N) is 3. The molecule has 3 rings (SSSR count). The van der Waals surface area contributed by atoms with Crippen LogP contribution in [0, 0.1) is 0 Å². The maximum Gasteiger partial charge on any atom is 0.251 e. The van der Waals surface area contributed by atoms with Crippen molar-refractivity contribution < 1.29 is 9.53 Å². The smallest absolute Gasteiger partial charge is 0.251 e. The van der Waals surface area contributed by atoms with Crippen LogP contribution >= 0.6 is 0 Å². The molecular formula is C25H35N5O2. The molecule has 2 aromatic carbocycles. The average molecular weight is 438 g/mol. The zero-order chi connectivity index (χ0) is 22.9. The molecule has 0 aliphatic carbocycles. The van der Waals surface area contributed by atoms with E-state index in [2.05, 4.69) is 38.8 Å². The van der Waals surface area contributed by atoms with Crippen molar-refractivity contribution in [1.29, 1.82) is 0 Å². The summed E-state index contributed by atoms with van der Waals surface area (Å²) in [6.45, 7) is 6.56. The summed E-state index contributed by atoms with van der Waals surface area (Å²) in [4.78, 5) is 18.9. The number of nitrogens with zero attached hydrogens (tertiary/aromatic N) is 2. The van der Waals surface area contributed by atoms with Crippen molar-refractivity contribution >= 4 is 17.6 Å². The van der Waals surface area contributed by atoms with E-state index in [0.29, 0.717) is 18.2 Å². The number of hydrogen-bond donors (Lipinski definition) is 3. The van der Waals surface area contributed by atoms with Crippen LogP contribution in [0.25, 0.3) is 0 Å². The zero-order valence-corrected chi connectivity index (χ0v) is 19.5. The van der Waals surface area contributed by atoms with Gasteiger partial charge in [-0.05, 0) is 49.6 Å². The van der Waals surface area contributed by atoms with Crippen molar-refractivity contribution in [3.8, 4) is 5.75 Å². The van der Waals surface area contributed by atoms with Gasteiger partial charge in [0.25, 0.3) is 5.91 Å². The van der Waals surface area contributed by atoms with Crippen LogP contribution in [0.4, 0.5) is 5.69 Å². The first-order chi connectivity index (χ1) is 15.5. The maximum absolute atomic E-state index is 12.2. The van der Waals surface area contributed by atoms with Crippen LogP contribution in [0.2, 0.25) is 0 Å². The third-order valence-corrected chi connectivity index (χ3v) is 5.84. The fourth-order valence-corrected chi connectivity index (χ4v) is 3.74. The first kappa shape index (κ1) is 23.4.